The number of piperazine rings is 1. The summed E-state index contributed by atoms with van der Waals surface area (Å²) in [6.45, 7) is 7.07. The van der Waals surface area contributed by atoms with Gasteiger partial charge in [0.1, 0.15) is 17.4 Å². The largest absolute Gasteiger partial charge is 0.497 e. The van der Waals surface area contributed by atoms with Gasteiger partial charge in [-0.3, -0.25) is 4.79 Å². The Kier molecular flexibility index (Phi) is 6.22. The molecule has 2 atom stereocenters. The zero-order chi connectivity index (χ0) is 23.7. The number of anilines is 1. The number of hydrogen-bond acceptors (Lipinski definition) is 5. The molecule has 34 heavy (non-hydrogen) atoms. The number of carbonyl (C=O) groups excluding carboxylic acids is 1. The molecule has 0 spiro atoms. The standard InChI is InChI=1S/C28H32N4O2/c1-19-24(17-21-9-11-23(34-3)12-10-21)27(30-20(2)29-19)31-13-15-32(16-14-31)28(33)26-18-25(26)22-7-5-4-6-8-22/h4-12,25-26H,13-18H2,1-3H3/t25-,26-/m0/s1. The summed E-state index contributed by atoms with van der Waals surface area (Å²) in [5.74, 6) is 3.47. The molecule has 2 heterocycles. The molecule has 2 aliphatic rings. The van der Waals surface area contributed by atoms with Crippen molar-refractivity contribution in [1.29, 1.82) is 0 Å². The molecule has 0 N–H and O–H groups in total. The van der Waals surface area contributed by atoms with Gasteiger partial charge in [0.15, 0.2) is 0 Å². The SMILES string of the molecule is COc1ccc(Cc2c(C)nc(C)nc2N2CCN(C(=O)[C@H]3C[C@H]3c3ccccc3)CC2)cc1. The number of methoxy groups -OCH3 is 1. The monoisotopic (exact) mass is 456 g/mol. The number of benzene rings is 2. The summed E-state index contributed by atoms with van der Waals surface area (Å²) in [4.78, 5) is 27.0. The van der Waals surface area contributed by atoms with E-state index in [2.05, 4.69) is 53.2 Å². The van der Waals surface area contributed by atoms with Crippen LogP contribution in [0.4, 0.5) is 5.82 Å². The van der Waals surface area contributed by atoms with E-state index in [1.54, 1.807) is 7.11 Å². The maximum Gasteiger partial charge on any atom is 0.226 e. The van der Waals surface area contributed by atoms with Crippen LogP contribution in [0.3, 0.4) is 0 Å². The molecular weight excluding hydrogens is 424 g/mol. The van der Waals surface area contributed by atoms with E-state index in [1.165, 1.54) is 11.1 Å². The van der Waals surface area contributed by atoms with Crippen LogP contribution < -0.4 is 9.64 Å². The van der Waals surface area contributed by atoms with Gasteiger partial charge in [0.05, 0.1) is 7.11 Å². The highest BCUT2D eigenvalue weighted by atomic mass is 16.5. The van der Waals surface area contributed by atoms with E-state index in [0.29, 0.717) is 11.8 Å². The number of nitrogens with zero attached hydrogens (tertiary/aromatic N) is 4. The molecule has 3 aromatic rings. The van der Waals surface area contributed by atoms with Gasteiger partial charge in [-0.15, -0.1) is 0 Å². The van der Waals surface area contributed by atoms with Gasteiger partial charge in [-0.25, -0.2) is 9.97 Å². The summed E-state index contributed by atoms with van der Waals surface area (Å²) < 4.78 is 5.29. The summed E-state index contributed by atoms with van der Waals surface area (Å²) in [5.41, 5.74) is 4.66. The fourth-order valence-corrected chi connectivity index (χ4v) is 5.04. The third-order valence-electron chi connectivity index (χ3n) is 7.07. The molecular formula is C28H32N4O2. The normalized spacial score (nSPS) is 19.7. The van der Waals surface area contributed by atoms with Gasteiger partial charge in [0.2, 0.25) is 5.91 Å². The Morgan fingerprint density at radius 2 is 1.68 bits per heavy atom. The van der Waals surface area contributed by atoms with E-state index in [-0.39, 0.29) is 5.92 Å². The van der Waals surface area contributed by atoms with Gasteiger partial charge in [0.25, 0.3) is 0 Å². The summed E-state index contributed by atoms with van der Waals surface area (Å²) in [7, 11) is 1.68. The van der Waals surface area contributed by atoms with E-state index in [4.69, 9.17) is 9.72 Å². The summed E-state index contributed by atoms with van der Waals surface area (Å²) >= 11 is 0. The highest BCUT2D eigenvalue weighted by Crippen LogP contribution is 2.48. The second kappa shape index (κ2) is 9.45. The molecule has 6 heteroatoms. The van der Waals surface area contributed by atoms with Crippen LogP contribution in [0, 0.1) is 19.8 Å². The second-order valence-electron chi connectivity index (χ2n) is 9.35. The maximum absolute atomic E-state index is 13.1. The lowest BCUT2D eigenvalue weighted by atomic mass is 10.0. The van der Waals surface area contributed by atoms with E-state index >= 15 is 0 Å². The van der Waals surface area contributed by atoms with Crippen LogP contribution in [-0.4, -0.2) is 54.1 Å². The van der Waals surface area contributed by atoms with Gasteiger partial charge in [-0.1, -0.05) is 42.5 Å². The fourth-order valence-electron chi connectivity index (χ4n) is 5.04. The van der Waals surface area contributed by atoms with Crippen LogP contribution in [0.1, 0.15) is 40.5 Å². The van der Waals surface area contributed by atoms with Gasteiger partial charge in [-0.2, -0.15) is 0 Å². The maximum atomic E-state index is 13.1. The molecule has 1 amide bonds. The summed E-state index contributed by atoms with van der Waals surface area (Å²) in [5, 5.41) is 0. The Morgan fingerprint density at radius 1 is 0.971 bits per heavy atom. The lowest BCUT2D eigenvalue weighted by Crippen LogP contribution is -2.50. The van der Waals surface area contributed by atoms with Crippen LogP contribution >= 0.6 is 0 Å². The highest BCUT2D eigenvalue weighted by Gasteiger charge is 2.46. The average Bonchev–Trinajstić information content (AvgIpc) is 3.67. The zero-order valence-electron chi connectivity index (χ0n) is 20.2. The Bertz CT molecular complexity index is 1160. The minimum absolute atomic E-state index is 0.142. The van der Waals surface area contributed by atoms with Crippen LogP contribution in [-0.2, 0) is 11.2 Å². The first-order valence-electron chi connectivity index (χ1n) is 12.1. The van der Waals surface area contributed by atoms with Crippen molar-refractivity contribution in [3.05, 3.63) is 82.8 Å². The van der Waals surface area contributed by atoms with E-state index in [9.17, 15) is 4.79 Å². The fraction of sp³-hybridized carbons (Fsp3) is 0.393. The quantitative estimate of drug-likeness (QED) is 0.558. The van der Waals surface area contributed by atoms with Crippen molar-refractivity contribution >= 4 is 11.7 Å². The van der Waals surface area contributed by atoms with Crippen molar-refractivity contribution in [3.8, 4) is 5.75 Å². The third-order valence-corrected chi connectivity index (χ3v) is 7.07. The predicted octanol–water partition coefficient (Wildman–Crippen LogP) is 4.15. The van der Waals surface area contributed by atoms with Crippen molar-refractivity contribution < 1.29 is 9.53 Å². The molecule has 2 fully saturated rings. The van der Waals surface area contributed by atoms with Crippen LogP contribution in [0.2, 0.25) is 0 Å². The average molecular weight is 457 g/mol. The highest BCUT2D eigenvalue weighted by molar-refractivity contribution is 5.83. The zero-order valence-corrected chi connectivity index (χ0v) is 20.2. The van der Waals surface area contributed by atoms with E-state index < -0.39 is 0 Å². The smallest absolute Gasteiger partial charge is 0.226 e. The topological polar surface area (TPSA) is 58.6 Å². The van der Waals surface area contributed by atoms with Gasteiger partial charge < -0.3 is 14.5 Å². The van der Waals surface area contributed by atoms with Crippen LogP contribution in [0.5, 0.6) is 5.75 Å². The number of amides is 1. The van der Waals surface area contributed by atoms with E-state index in [1.807, 2.05) is 30.0 Å². The Labute approximate surface area is 201 Å². The lowest BCUT2D eigenvalue weighted by molar-refractivity contribution is -0.133. The molecule has 1 aliphatic carbocycles. The Morgan fingerprint density at radius 3 is 2.35 bits per heavy atom. The van der Waals surface area contributed by atoms with Crippen molar-refractivity contribution in [2.45, 2.75) is 32.6 Å². The second-order valence-corrected chi connectivity index (χ2v) is 9.35. The molecule has 1 saturated carbocycles. The minimum Gasteiger partial charge on any atom is -0.497 e. The molecule has 2 aromatic carbocycles. The molecule has 0 radical (unpaired) electrons. The van der Waals surface area contributed by atoms with Crippen molar-refractivity contribution in [3.63, 3.8) is 0 Å². The van der Waals surface area contributed by atoms with Crippen molar-refractivity contribution in [2.75, 3.05) is 38.2 Å². The Balaban J connectivity index is 1.27. The number of carbonyl (C=O) groups is 1. The summed E-state index contributed by atoms with van der Waals surface area (Å²) in [6, 6.07) is 18.6. The van der Waals surface area contributed by atoms with Crippen molar-refractivity contribution in [1.82, 2.24) is 14.9 Å². The molecule has 1 saturated heterocycles. The third kappa shape index (κ3) is 4.63. The van der Waals surface area contributed by atoms with Crippen molar-refractivity contribution in [2.24, 2.45) is 5.92 Å². The van der Waals surface area contributed by atoms with Crippen LogP contribution in [0.15, 0.2) is 54.6 Å². The first-order chi connectivity index (χ1) is 16.5. The number of rotatable bonds is 6. The minimum atomic E-state index is 0.142. The van der Waals surface area contributed by atoms with E-state index in [0.717, 1.165) is 67.7 Å². The first-order valence-corrected chi connectivity index (χ1v) is 12.1. The number of hydrogen-bond donors (Lipinski definition) is 0. The summed E-state index contributed by atoms with van der Waals surface area (Å²) in [6.07, 6.45) is 1.74. The van der Waals surface area contributed by atoms with Gasteiger partial charge in [-0.05, 0) is 49.4 Å². The lowest BCUT2D eigenvalue weighted by Gasteiger charge is -2.36. The number of aromatic nitrogens is 2. The van der Waals surface area contributed by atoms with Gasteiger partial charge in [0, 0.05) is 49.8 Å². The molecule has 5 rings (SSSR count). The van der Waals surface area contributed by atoms with Crippen LogP contribution in [0.25, 0.3) is 0 Å². The number of ether oxygens (including phenoxy) is 1. The first kappa shape index (κ1) is 22.4. The molecule has 0 bridgehead atoms. The molecule has 1 aromatic heterocycles. The van der Waals surface area contributed by atoms with Gasteiger partial charge >= 0.3 is 0 Å². The Hall–Kier alpha value is -3.41. The number of aryl methyl sites for hydroxylation is 2. The molecule has 176 valence electrons. The molecule has 1 aliphatic heterocycles. The molecule has 6 nitrogen and oxygen atoms in total. The molecule has 0 unspecified atom stereocenters. The predicted molar refractivity (Wildman–Crippen MR) is 133 cm³/mol.